The first kappa shape index (κ1) is 13.1. The third kappa shape index (κ3) is 1.99. The predicted octanol–water partition coefficient (Wildman–Crippen LogP) is 3.96. The van der Waals surface area contributed by atoms with E-state index in [9.17, 15) is 0 Å². The highest BCUT2D eigenvalue weighted by molar-refractivity contribution is 9.10. The predicted molar refractivity (Wildman–Crippen MR) is 81.7 cm³/mol. The van der Waals surface area contributed by atoms with Crippen LogP contribution in [0.5, 0.6) is 0 Å². The lowest BCUT2D eigenvalue weighted by Gasteiger charge is -2.46. The molecule has 100 valence electrons. The van der Waals surface area contributed by atoms with Crippen LogP contribution in [0.15, 0.2) is 28.7 Å². The number of halogens is 1. The van der Waals surface area contributed by atoms with E-state index in [0.717, 1.165) is 29.1 Å². The normalized spacial score (nSPS) is 26.2. The molecular formula is C14H16BrN3S. The number of benzene rings is 1. The van der Waals surface area contributed by atoms with Gasteiger partial charge in [-0.3, -0.25) is 5.10 Å². The van der Waals surface area contributed by atoms with Crippen molar-refractivity contribution in [1.29, 1.82) is 0 Å². The zero-order chi connectivity index (χ0) is 13.6. The molecule has 0 aliphatic heterocycles. The summed E-state index contributed by atoms with van der Waals surface area (Å²) in [6.45, 7) is 2.29. The van der Waals surface area contributed by atoms with Crippen LogP contribution in [0.2, 0.25) is 0 Å². The van der Waals surface area contributed by atoms with Gasteiger partial charge in [0.05, 0.1) is 5.41 Å². The van der Waals surface area contributed by atoms with Crippen molar-refractivity contribution in [3.63, 3.8) is 0 Å². The second-order valence-corrected chi connectivity index (χ2v) is 6.82. The monoisotopic (exact) mass is 337 g/mol. The van der Waals surface area contributed by atoms with Crippen LogP contribution in [0.25, 0.3) is 0 Å². The molecule has 5 heteroatoms. The first-order chi connectivity index (χ1) is 9.03. The number of aromatic nitrogens is 3. The summed E-state index contributed by atoms with van der Waals surface area (Å²) >= 11 is 8.82. The third-order valence-corrected chi connectivity index (χ3v) is 4.94. The number of nitrogens with zero attached hydrogens (tertiary/aromatic N) is 2. The quantitative estimate of drug-likeness (QED) is 0.841. The Labute approximate surface area is 126 Å². The summed E-state index contributed by atoms with van der Waals surface area (Å²) in [7, 11) is 1.99. The average molecular weight is 338 g/mol. The Bertz CT molecular complexity index is 667. The van der Waals surface area contributed by atoms with Gasteiger partial charge in [-0.25, -0.2) is 0 Å². The van der Waals surface area contributed by atoms with E-state index in [1.807, 2.05) is 11.6 Å². The maximum Gasteiger partial charge on any atom is 0.194 e. The van der Waals surface area contributed by atoms with Gasteiger partial charge >= 0.3 is 0 Å². The Morgan fingerprint density at radius 1 is 1.47 bits per heavy atom. The van der Waals surface area contributed by atoms with Crippen molar-refractivity contribution in [1.82, 2.24) is 14.8 Å². The molecule has 0 radical (unpaired) electrons. The fourth-order valence-corrected chi connectivity index (χ4v) is 3.77. The Kier molecular flexibility index (Phi) is 3.14. The van der Waals surface area contributed by atoms with Crippen LogP contribution in [0.1, 0.15) is 31.2 Å². The van der Waals surface area contributed by atoms with Crippen LogP contribution in [0, 0.1) is 10.7 Å². The van der Waals surface area contributed by atoms with E-state index < -0.39 is 0 Å². The molecule has 1 heterocycles. The topological polar surface area (TPSA) is 33.6 Å². The summed E-state index contributed by atoms with van der Waals surface area (Å²) in [6, 6.07) is 8.53. The van der Waals surface area contributed by atoms with E-state index in [1.54, 1.807) is 0 Å². The van der Waals surface area contributed by atoms with Gasteiger partial charge in [0.2, 0.25) is 0 Å². The van der Waals surface area contributed by atoms with Crippen molar-refractivity contribution >= 4 is 28.1 Å². The molecule has 0 saturated heterocycles. The van der Waals surface area contributed by atoms with Crippen molar-refractivity contribution in [2.45, 2.75) is 25.2 Å². The first-order valence-electron chi connectivity index (χ1n) is 6.41. The molecule has 1 aliphatic rings. The van der Waals surface area contributed by atoms with E-state index in [-0.39, 0.29) is 5.41 Å². The van der Waals surface area contributed by atoms with Gasteiger partial charge in [-0.1, -0.05) is 35.0 Å². The van der Waals surface area contributed by atoms with Crippen LogP contribution in [0.3, 0.4) is 0 Å². The Morgan fingerprint density at radius 3 is 2.74 bits per heavy atom. The summed E-state index contributed by atoms with van der Waals surface area (Å²) in [6.07, 6.45) is 2.24. The van der Waals surface area contributed by atoms with E-state index in [4.69, 9.17) is 12.2 Å². The largest absolute Gasteiger partial charge is 0.307 e. The van der Waals surface area contributed by atoms with Crippen molar-refractivity contribution in [3.8, 4) is 0 Å². The molecule has 1 fully saturated rings. The molecule has 1 aromatic heterocycles. The second-order valence-electron chi connectivity index (χ2n) is 5.52. The molecule has 0 amide bonds. The number of H-pyrrole nitrogens is 1. The highest BCUT2D eigenvalue weighted by atomic mass is 79.9. The zero-order valence-electron chi connectivity index (χ0n) is 11.0. The maximum atomic E-state index is 5.26. The molecule has 3 rings (SSSR count). The molecule has 0 spiro atoms. The van der Waals surface area contributed by atoms with Crippen LogP contribution in [-0.4, -0.2) is 14.8 Å². The number of hydrogen-bond acceptors (Lipinski definition) is 2. The van der Waals surface area contributed by atoms with Gasteiger partial charge in [0.25, 0.3) is 0 Å². The fourth-order valence-electron chi connectivity index (χ4n) is 3.24. The Hall–Kier alpha value is -0.940. The third-order valence-electron chi connectivity index (χ3n) is 4.08. The van der Waals surface area contributed by atoms with E-state index in [0.29, 0.717) is 4.77 Å². The highest BCUT2D eigenvalue weighted by Crippen LogP contribution is 2.51. The summed E-state index contributed by atoms with van der Waals surface area (Å²) in [5, 5.41) is 7.39. The summed E-state index contributed by atoms with van der Waals surface area (Å²) < 4.78 is 3.80. The highest BCUT2D eigenvalue weighted by Gasteiger charge is 2.48. The molecule has 2 aromatic rings. The SMILES string of the molecule is CC1CC(c2cccc(Br)c2)(c2n[nH]c(=S)n2C)C1. The van der Waals surface area contributed by atoms with E-state index >= 15 is 0 Å². The van der Waals surface area contributed by atoms with Crippen LogP contribution in [-0.2, 0) is 12.5 Å². The van der Waals surface area contributed by atoms with E-state index in [2.05, 4.69) is 57.3 Å². The second kappa shape index (κ2) is 4.56. The van der Waals surface area contributed by atoms with Crippen LogP contribution >= 0.6 is 28.1 Å². The Balaban J connectivity index is 2.15. The average Bonchev–Trinajstić information content (AvgIpc) is 2.66. The van der Waals surface area contributed by atoms with Crippen molar-refractivity contribution in [2.24, 2.45) is 13.0 Å². The maximum absolute atomic E-state index is 5.26. The molecule has 0 bridgehead atoms. The molecule has 1 N–H and O–H groups in total. The lowest BCUT2D eigenvalue weighted by Crippen LogP contribution is -2.43. The molecule has 3 nitrogen and oxygen atoms in total. The fraction of sp³-hybridized carbons (Fsp3) is 0.429. The molecule has 0 unspecified atom stereocenters. The van der Waals surface area contributed by atoms with Gasteiger partial charge in [0.15, 0.2) is 4.77 Å². The molecule has 19 heavy (non-hydrogen) atoms. The van der Waals surface area contributed by atoms with Crippen molar-refractivity contribution < 1.29 is 0 Å². The minimum Gasteiger partial charge on any atom is -0.307 e. The lowest BCUT2D eigenvalue weighted by atomic mass is 9.58. The molecular weight excluding hydrogens is 322 g/mol. The van der Waals surface area contributed by atoms with Crippen LogP contribution < -0.4 is 0 Å². The number of rotatable bonds is 2. The van der Waals surface area contributed by atoms with Crippen molar-refractivity contribution in [3.05, 3.63) is 44.9 Å². The molecule has 1 aliphatic carbocycles. The molecule has 1 saturated carbocycles. The van der Waals surface area contributed by atoms with Gasteiger partial charge in [-0.2, -0.15) is 5.10 Å². The number of aromatic amines is 1. The van der Waals surface area contributed by atoms with Crippen LogP contribution in [0.4, 0.5) is 0 Å². The number of nitrogens with one attached hydrogen (secondary N) is 1. The number of hydrogen-bond donors (Lipinski definition) is 1. The first-order valence-corrected chi connectivity index (χ1v) is 7.61. The lowest BCUT2D eigenvalue weighted by molar-refractivity contribution is 0.185. The molecule has 1 aromatic carbocycles. The zero-order valence-corrected chi connectivity index (χ0v) is 13.4. The standard InChI is InChI=1S/C14H16BrN3S/c1-9-7-14(8-9,10-4-3-5-11(15)6-10)12-16-17-13(19)18(12)2/h3-6,9H,7-8H2,1-2H3,(H,17,19). The summed E-state index contributed by atoms with van der Waals surface area (Å²) in [4.78, 5) is 0. The molecule has 0 atom stereocenters. The van der Waals surface area contributed by atoms with E-state index in [1.165, 1.54) is 5.56 Å². The summed E-state index contributed by atoms with van der Waals surface area (Å²) in [5.41, 5.74) is 1.32. The minimum absolute atomic E-state index is 0.00546. The van der Waals surface area contributed by atoms with Gasteiger partial charge in [0.1, 0.15) is 5.82 Å². The van der Waals surface area contributed by atoms with Gasteiger partial charge in [-0.15, -0.1) is 0 Å². The van der Waals surface area contributed by atoms with Gasteiger partial charge < -0.3 is 4.57 Å². The van der Waals surface area contributed by atoms with Gasteiger partial charge in [0, 0.05) is 11.5 Å². The smallest absolute Gasteiger partial charge is 0.194 e. The van der Waals surface area contributed by atoms with Gasteiger partial charge in [-0.05, 0) is 48.7 Å². The minimum atomic E-state index is 0.00546. The van der Waals surface area contributed by atoms with Crippen molar-refractivity contribution in [2.75, 3.05) is 0 Å². The Morgan fingerprint density at radius 2 is 2.21 bits per heavy atom. The summed E-state index contributed by atoms with van der Waals surface area (Å²) in [5.74, 6) is 1.78.